The van der Waals surface area contributed by atoms with E-state index in [0.717, 1.165) is 42.6 Å². The minimum Gasteiger partial charge on any atom is -0.423 e. The quantitative estimate of drug-likeness (QED) is 0.849. The van der Waals surface area contributed by atoms with Gasteiger partial charge in [0, 0.05) is 12.5 Å². The molecule has 1 aromatic heterocycles. The number of carbonyl (C=O) groups is 1. The lowest BCUT2D eigenvalue weighted by molar-refractivity contribution is -0.0584. The van der Waals surface area contributed by atoms with Gasteiger partial charge in [-0.05, 0) is 44.4 Å². The summed E-state index contributed by atoms with van der Waals surface area (Å²) in [5.74, 6) is 2.39. The van der Waals surface area contributed by atoms with E-state index in [9.17, 15) is 10.0 Å². The lowest BCUT2D eigenvalue weighted by atomic mass is 9.83. The Morgan fingerprint density at radius 2 is 1.82 bits per heavy atom. The molecule has 7 nitrogen and oxygen atoms in total. The van der Waals surface area contributed by atoms with Crippen molar-refractivity contribution in [1.29, 1.82) is 0 Å². The highest BCUT2D eigenvalue weighted by Crippen LogP contribution is 2.39. The lowest BCUT2D eigenvalue weighted by Crippen LogP contribution is -2.34. The normalized spacial score (nSPS) is 35.3. The summed E-state index contributed by atoms with van der Waals surface area (Å²) in [5.41, 5.74) is 0. The van der Waals surface area contributed by atoms with Gasteiger partial charge in [0.25, 0.3) is 0 Å². The zero-order chi connectivity index (χ0) is 15.3. The number of piperidine rings is 1. The molecule has 0 aromatic carbocycles. The van der Waals surface area contributed by atoms with Gasteiger partial charge in [-0.25, -0.2) is 9.86 Å². The Morgan fingerprint density at radius 1 is 1.09 bits per heavy atom. The minimum absolute atomic E-state index is 0.0917. The first kappa shape index (κ1) is 14.0. The summed E-state index contributed by atoms with van der Waals surface area (Å²) in [7, 11) is 0. The summed E-state index contributed by atoms with van der Waals surface area (Å²) in [5, 5.41) is 19.0. The maximum absolute atomic E-state index is 12.0. The fraction of sp³-hybridized carbons (Fsp3) is 0.800. The van der Waals surface area contributed by atoms with Crippen molar-refractivity contribution in [3.05, 3.63) is 11.8 Å². The smallest absolute Gasteiger partial charge is 0.344 e. The van der Waals surface area contributed by atoms with Crippen LogP contribution in [0.1, 0.15) is 69.2 Å². The second kappa shape index (κ2) is 5.22. The second-order valence-electron chi connectivity index (χ2n) is 6.96. The third-order valence-electron chi connectivity index (χ3n) is 5.45. The first-order chi connectivity index (χ1) is 10.6. The third-order valence-corrected chi connectivity index (χ3v) is 5.45. The first-order valence-electron chi connectivity index (χ1n) is 8.25. The number of amides is 2. The molecule has 0 radical (unpaired) electrons. The number of hydrogen-bond donors (Lipinski definition) is 1. The Morgan fingerprint density at radius 3 is 2.59 bits per heavy atom. The van der Waals surface area contributed by atoms with Gasteiger partial charge in [-0.2, -0.15) is 0 Å². The molecule has 2 aliphatic heterocycles. The van der Waals surface area contributed by atoms with E-state index in [1.807, 2.05) is 0 Å². The largest absolute Gasteiger partial charge is 0.423 e. The molecule has 4 rings (SSSR count). The van der Waals surface area contributed by atoms with Gasteiger partial charge in [-0.3, -0.25) is 5.21 Å². The zero-order valence-corrected chi connectivity index (χ0v) is 12.8. The van der Waals surface area contributed by atoms with E-state index < -0.39 is 0 Å². The molecule has 0 spiro atoms. The molecule has 1 saturated carbocycles. The molecule has 3 heterocycles. The molecule has 120 valence electrons. The van der Waals surface area contributed by atoms with E-state index in [0.29, 0.717) is 18.4 Å². The predicted molar refractivity (Wildman–Crippen MR) is 76.2 cm³/mol. The fourth-order valence-corrected chi connectivity index (χ4v) is 3.96. The van der Waals surface area contributed by atoms with E-state index in [-0.39, 0.29) is 18.1 Å². The minimum atomic E-state index is -0.348. The highest BCUT2D eigenvalue weighted by atomic mass is 16.5. The number of hydroxylamine groups is 2. The standard InChI is InChI=1S/C15H22N4O3/c1-9-2-4-10(5-3-9)13-16-17-14(22-13)12-7-6-11-8-18(12)15(20)19(11)21/h9-12,21H,2-8H2,1H3/t9-,10-,11-,12+/m1/s1. The molecule has 2 bridgehead atoms. The van der Waals surface area contributed by atoms with Gasteiger partial charge < -0.3 is 9.32 Å². The predicted octanol–water partition coefficient (Wildman–Crippen LogP) is 2.69. The van der Waals surface area contributed by atoms with Crippen LogP contribution in [0.15, 0.2) is 4.42 Å². The molecule has 22 heavy (non-hydrogen) atoms. The Hall–Kier alpha value is -1.63. The van der Waals surface area contributed by atoms with Gasteiger partial charge in [0.2, 0.25) is 11.8 Å². The molecule has 7 heteroatoms. The Kier molecular flexibility index (Phi) is 3.32. The van der Waals surface area contributed by atoms with Crippen molar-refractivity contribution in [2.24, 2.45) is 5.92 Å². The molecule has 2 atom stereocenters. The number of nitrogens with zero attached hydrogens (tertiary/aromatic N) is 4. The van der Waals surface area contributed by atoms with E-state index in [2.05, 4.69) is 17.1 Å². The fourth-order valence-electron chi connectivity index (χ4n) is 3.96. The van der Waals surface area contributed by atoms with Gasteiger partial charge in [0.05, 0.1) is 6.04 Å². The van der Waals surface area contributed by atoms with Gasteiger partial charge in [0.15, 0.2) is 0 Å². The number of urea groups is 1. The Labute approximate surface area is 129 Å². The maximum Gasteiger partial charge on any atom is 0.344 e. The number of rotatable bonds is 2. The van der Waals surface area contributed by atoms with Crippen molar-refractivity contribution < 1.29 is 14.4 Å². The van der Waals surface area contributed by atoms with Crippen LogP contribution in [0.3, 0.4) is 0 Å². The topological polar surface area (TPSA) is 82.7 Å². The van der Waals surface area contributed by atoms with Crippen molar-refractivity contribution in [2.75, 3.05) is 6.54 Å². The highest BCUT2D eigenvalue weighted by Gasteiger charge is 2.46. The van der Waals surface area contributed by atoms with Crippen LogP contribution >= 0.6 is 0 Å². The SMILES string of the molecule is C[C@H]1CC[C@H](c2nnc([C@@H]3CC[C@@H]4CN3C(=O)N4O)o2)CC1. The van der Waals surface area contributed by atoms with Crippen molar-refractivity contribution in [2.45, 2.75) is 63.5 Å². The van der Waals surface area contributed by atoms with Gasteiger partial charge >= 0.3 is 6.03 Å². The van der Waals surface area contributed by atoms with Crippen molar-refractivity contribution in [3.63, 3.8) is 0 Å². The Balaban J connectivity index is 1.51. The van der Waals surface area contributed by atoms with Crippen molar-refractivity contribution in [1.82, 2.24) is 20.2 Å². The summed E-state index contributed by atoms with van der Waals surface area (Å²) in [4.78, 5) is 13.7. The molecule has 1 N–H and O–H groups in total. The first-order valence-corrected chi connectivity index (χ1v) is 8.25. The third kappa shape index (κ3) is 2.18. The zero-order valence-electron chi connectivity index (χ0n) is 12.8. The summed E-state index contributed by atoms with van der Waals surface area (Å²) >= 11 is 0. The van der Waals surface area contributed by atoms with E-state index >= 15 is 0 Å². The molecule has 1 aliphatic carbocycles. The van der Waals surface area contributed by atoms with Crippen molar-refractivity contribution in [3.8, 4) is 0 Å². The monoisotopic (exact) mass is 306 g/mol. The summed E-state index contributed by atoms with van der Waals surface area (Å²) < 4.78 is 5.92. The maximum atomic E-state index is 12.0. The average molecular weight is 306 g/mol. The molecular formula is C15H22N4O3. The lowest BCUT2D eigenvalue weighted by Gasteiger charge is -2.27. The van der Waals surface area contributed by atoms with Crippen LogP contribution in [0.5, 0.6) is 0 Å². The molecule has 1 aromatic rings. The summed E-state index contributed by atoms with van der Waals surface area (Å²) in [6.07, 6.45) is 6.14. The van der Waals surface area contributed by atoms with Gasteiger partial charge in [-0.15, -0.1) is 10.2 Å². The van der Waals surface area contributed by atoms with Crippen LogP contribution in [-0.2, 0) is 0 Å². The van der Waals surface area contributed by atoms with E-state index in [4.69, 9.17) is 4.42 Å². The molecule has 0 unspecified atom stereocenters. The molecule has 2 saturated heterocycles. The van der Waals surface area contributed by atoms with E-state index in [1.54, 1.807) is 4.90 Å². The Bertz CT molecular complexity index is 567. The number of aromatic nitrogens is 2. The van der Waals surface area contributed by atoms with E-state index in [1.165, 1.54) is 12.8 Å². The number of carbonyl (C=O) groups excluding carboxylic acids is 1. The molecule has 3 fully saturated rings. The van der Waals surface area contributed by atoms with Crippen LogP contribution in [0, 0.1) is 5.92 Å². The van der Waals surface area contributed by atoms with Gasteiger partial charge in [-0.1, -0.05) is 6.92 Å². The molecular weight excluding hydrogens is 284 g/mol. The summed E-state index contributed by atoms with van der Waals surface area (Å²) in [6, 6.07) is -0.630. The van der Waals surface area contributed by atoms with Crippen molar-refractivity contribution >= 4 is 6.03 Å². The van der Waals surface area contributed by atoms with Crippen LogP contribution in [0.4, 0.5) is 4.79 Å². The molecule has 2 amide bonds. The van der Waals surface area contributed by atoms with Gasteiger partial charge in [0.1, 0.15) is 6.04 Å². The van der Waals surface area contributed by atoms with Crippen LogP contribution < -0.4 is 0 Å². The summed E-state index contributed by atoms with van der Waals surface area (Å²) in [6.45, 7) is 2.83. The van der Waals surface area contributed by atoms with Crippen LogP contribution in [0.25, 0.3) is 0 Å². The average Bonchev–Trinajstić information content (AvgIpc) is 3.10. The second-order valence-corrected chi connectivity index (χ2v) is 6.96. The number of fused-ring (bicyclic) bond motifs is 2. The highest BCUT2D eigenvalue weighted by molar-refractivity contribution is 5.76. The molecule has 3 aliphatic rings. The van der Waals surface area contributed by atoms with Crippen LogP contribution in [0.2, 0.25) is 0 Å². The number of hydrogen-bond acceptors (Lipinski definition) is 5. The van der Waals surface area contributed by atoms with Crippen LogP contribution in [-0.4, -0.2) is 44.0 Å².